The zero-order chi connectivity index (χ0) is 17.7. The van der Waals surface area contributed by atoms with E-state index in [1.165, 1.54) is 64.2 Å². The Morgan fingerprint density at radius 1 is 0.957 bits per heavy atom. The van der Waals surface area contributed by atoms with E-state index >= 15 is 0 Å². The van der Waals surface area contributed by atoms with Crippen LogP contribution in [0.5, 0.6) is 0 Å². The number of hydrogen-bond acceptors (Lipinski definition) is 0. The van der Waals surface area contributed by atoms with E-state index in [1.807, 2.05) is 0 Å². The van der Waals surface area contributed by atoms with Crippen molar-refractivity contribution in [3.05, 3.63) is 18.4 Å². The Morgan fingerprint density at radius 2 is 1.65 bits per heavy atom. The quantitative estimate of drug-likeness (QED) is 0.223. The van der Waals surface area contributed by atoms with Crippen molar-refractivity contribution in [2.75, 3.05) is 0 Å². The van der Waals surface area contributed by atoms with Gasteiger partial charge in [0, 0.05) is 0 Å². The summed E-state index contributed by atoms with van der Waals surface area (Å²) < 4.78 is 0. The van der Waals surface area contributed by atoms with Crippen LogP contribution >= 0.6 is 0 Å². The number of unbranched alkanes of at least 4 members (excludes halogenated alkanes) is 2. The first-order chi connectivity index (χ1) is 10.9. The first-order valence-corrected chi connectivity index (χ1v) is 10.2. The standard InChI is InChI=1S/C23H44/c1-8-11-12-16-22(20(4)5)19-21(14-9-2)15-13-18-23(6,7)17-10-3/h14,20-22H,2,8,10-13,15-19H2,1,3-7H3. The monoisotopic (exact) mass is 320 g/mol. The minimum Gasteiger partial charge on any atom is -0.133 e. The predicted octanol–water partition coefficient (Wildman–Crippen LogP) is 8.18. The summed E-state index contributed by atoms with van der Waals surface area (Å²) in [4.78, 5) is 0. The molecule has 0 heteroatoms. The van der Waals surface area contributed by atoms with Gasteiger partial charge in [0.1, 0.15) is 0 Å². The molecule has 0 aromatic heterocycles. The molecule has 0 heterocycles. The van der Waals surface area contributed by atoms with Crippen molar-refractivity contribution >= 4 is 0 Å². The lowest BCUT2D eigenvalue weighted by molar-refractivity contribution is 0.261. The zero-order valence-corrected chi connectivity index (χ0v) is 17.1. The molecule has 0 nitrogen and oxygen atoms in total. The van der Waals surface area contributed by atoms with Gasteiger partial charge in [0.05, 0.1) is 0 Å². The molecular formula is C23H44. The van der Waals surface area contributed by atoms with Crippen molar-refractivity contribution in [1.82, 2.24) is 0 Å². The van der Waals surface area contributed by atoms with E-state index in [0.717, 1.165) is 11.8 Å². The van der Waals surface area contributed by atoms with E-state index in [-0.39, 0.29) is 0 Å². The maximum absolute atomic E-state index is 3.83. The number of hydrogen-bond donors (Lipinski definition) is 0. The van der Waals surface area contributed by atoms with Gasteiger partial charge in [-0.3, -0.25) is 0 Å². The Hall–Kier alpha value is -0.480. The third-order valence-corrected chi connectivity index (χ3v) is 5.44. The van der Waals surface area contributed by atoms with Crippen molar-refractivity contribution in [3.63, 3.8) is 0 Å². The summed E-state index contributed by atoms with van der Waals surface area (Å²) in [6, 6.07) is 0. The molecule has 0 aromatic rings. The lowest BCUT2D eigenvalue weighted by atomic mass is 9.78. The summed E-state index contributed by atoms with van der Waals surface area (Å²) in [6.45, 7) is 18.1. The fourth-order valence-electron chi connectivity index (χ4n) is 3.85. The summed E-state index contributed by atoms with van der Waals surface area (Å²) in [5.41, 5.74) is 3.59. The largest absolute Gasteiger partial charge is 0.133 e. The van der Waals surface area contributed by atoms with Crippen LogP contribution in [0.25, 0.3) is 0 Å². The van der Waals surface area contributed by atoms with Crippen LogP contribution in [-0.4, -0.2) is 0 Å². The molecule has 0 bridgehead atoms. The first kappa shape index (κ1) is 22.5. The molecule has 23 heavy (non-hydrogen) atoms. The smallest absolute Gasteiger partial charge is 0.0155 e. The van der Waals surface area contributed by atoms with Crippen LogP contribution in [0.2, 0.25) is 0 Å². The molecule has 0 aromatic carbocycles. The lowest BCUT2D eigenvalue weighted by Crippen LogP contribution is -2.15. The zero-order valence-electron chi connectivity index (χ0n) is 17.1. The maximum Gasteiger partial charge on any atom is -0.0155 e. The molecule has 2 unspecified atom stereocenters. The topological polar surface area (TPSA) is 0 Å². The lowest BCUT2D eigenvalue weighted by Gasteiger charge is -2.27. The molecule has 2 atom stereocenters. The Morgan fingerprint density at radius 3 is 2.17 bits per heavy atom. The van der Waals surface area contributed by atoms with Crippen molar-refractivity contribution < 1.29 is 0 Å². The molecule has 0 radical (unpaired) electrons. The van der Waals surface area contributed by atoms with Gasteiger partial charge in [-0.25, -0.2) is 0 Å². The molecule has 0 saturated carbocycles. The molecule has 136 valence electrons. The van der Waals surface area contributed by atoms with Gasteiger partial charge in [0.25, 0.3) is 0 Å². The van der Waals surface area contributed by atoms with Crippen LogP contribution in [0.1, 0.15) is 106 Å². The molecule has 0 fully saturated rings. The van der Waals surface area contributed by atoms with Gasteiger partial charge in [-0.1, -0.05) is 86.6 Å². The molecule has 0 amide bonds. The van der Waals surface area contributed by atoms with Gasteiger partial charge in [-0.2, -0.15) is 0 Å². The van der Waals surface area contributed by atoms with Gasteiger partial charge in [0.15, 0.2) is 0 Å². The minimum atomic E-state index is 0.510. The van der Waals surface area contributed by atoms with E-state index in [4.69, 9.17) is 0 Å². The van der Waals surface area contributed by atoms with Crippen molar-refractivity contribution in [1.29, 1.82) is 0 Å². The summed E-state index contributed by atoms with van der Waals surface area (Å²) in [5, 5.41) is 0. The third kappa shape index (κ3) is 11.7. The molecule has 0 spiro atoms. The molecular weight excluding hydrogens is 276 g/mol. The van der Waals surface area contributed by atoms with E-state index < -0.39 is 0 Å². The summed E-state index contributed by atoms with van der Waals surface area (Å²) >= 11 is 0. The van der Waals surface area contributed by atoms with Gasteiger partial charge in [-0.05, 0) is 54.9 Å². The molecule has 0 aliphatic carbocycles. The average molecular weight is 321 g/mol. The highest BCUT2D eigenvalue weighted by atomic mass is 14.3. The Kier molecular flexibility index (Phi) is 12.6. The normalized spacial score (nSPS) is 14.6. The average Bonchev–Trinajstić information content (AvgIpc) is 2.45. The van der Waals surface area contributed by atoms with Crippen LogP contribution in [-0.2, 0) is 0 Å². The highest BCUT2D eigenvalue weighted by molar-refractivity contribution is 4.87. The fourth-order valence-corrected chi connectivity index (χ4v) is 3.85. The van der Waals surface area contributed by atoms with Crippen LogP contribution < -0.4 is 0 Å². The number of allylic oxidation sites excluding steroid dienone is 1. The summed E-state index contributed by atoms with van der Waals surface area (Å²) in [7, 11) is 0. The summed E-state index contributed by atoms with van der Waals surface area (Å²) in [6.07, 6.45) is 15.7. The SMILES string of the molecule is C=C=CC(CCCC(C)(C)CCC)CC(CCCCC)C(C)C. The van der Waals surface area contributed by atoms with E-state index in [2.05, 4.69) is 59.9 Å². The first-order valence-electron chi connectivity index (χ1n) is 10.2. The Labute approximate surface area is 147 Å². The van der Waals surface area contributed by atoms with Gasteiger partial charge < -0.3 is 0 Å². The van der Waals surface area contributed by atoms with E-state index in [1.54, 1.807) is 0 Å². The second kappa shape index (κ2) is 12.9. The fraction of sp³-hybridized carbons (Fsp3) is 0.870. The molecule has 0 N–H and O–H groups in total. The van der Waals surface area contributed by atoms with Crippen LogP contribution in [0.3, 0.4) is 0 Å². The van der Waals surface area contributed by atoms with E-state index in [0.29, 0.717) is 11.3 Å². The molecule has 0 aliphatic heterocycles. The summed E-state index contributed by atoms with van der Waals surface area (Å²) in [5.74, 6) is 2.34. The van der Waals surface area contributed by atoms with Crippen molar-refractivity contribution in [2.24, 2.45) is 23.2 Å². The van der Waals surface area contributed by atoms with Crippen molar-refractivity contribution in [2.45, 2.75) is 106 Å². The molecule has 0 rings (SSSR count). The second-order valence-electron chi connectivity index (χ2n) is 8.67. The maximum atomic E-state index is 3.83. The van der Waals surface area contributed by atoms with Crippen LogP contribution in [0, 0.1) is 23.2 Å². The second-order valence-corrected chi connectivity index (χ2v) is 8.67. The number of rotatable bonds is 14. The van der Waals surface area contributed by atoms with Crippen LogP contribution in [0.15, 0.2) is 18.4 Å². The van der Waals surface area contributed by atoms with Gasteiger partial charge >= 0.3 is 0 Å². The highest BCUT2D eigenvalue weighted by Gasteiger charge is 2.20. The molecule has 0 saturated heterocycles. The van der Waals surface area contributed by atoms with E-state index in [9.17, 15) is 0 Å². The minimum absolute atomic E-state index is 0.510. The van der Waals surface area contributed by atoms with Crippen molar-refractivity contribution in [3.8, 4) is 0 Å². The predicted molar refractivity (Wildman–Crippen MR) is 107 cm³/mol. The van der Waals surface area contributed by atoms with Crippen LogP contribution in [0.4, 0.5) is 0 Å². The van der Waals surface area contributed by atoms with Gasteiger partial charge in [0.2, 0.25) is 0 Å². The molecule has 0 aliphatic rings. The van der Waals surface area contributed by atoms with Gasteiger partial charge in [-0.15, -0.1) is 5.73 Å². The Bertz CT molecular complexity index is 317. The third-order valence-electron chi connectivity index (χ3n) is 5.44. The Balaban J connectivity index is 4.43. The highest BCUT2D eigenvalue weighted by Crippen LogP contribution is 2.33.